The lowest BCUT2D eigenvalue weighted by Crippen LogP contribution is -2.24. The van der Waals surface area contributed by atoms with Gasteiger partial charge in [-0.3, -0.25) is 4.79 Å². The molecule has 0 aromatic heterocycles. The first-order chi connectivity index (χ1) is 10.6. The minimum atomic E-state index is -0.324. The number of ether oxygens (including phenoxy) is 1. The van der Waals surface area contributed by atoms with Crippen molar-refractivity contribution in [1.29, 1.82) is 0 Å². The second-order valence-electron chi connectivity index (χ2n) is 4.51. The number of rotatable bonds is 5. The van der Waals surface area contributed by atoms with E-state index in [4.69, 9.17) is 16.3 Å². The lowest BCUT2D eigenvalue weighted by atomic mass is 10.2. The zero-order valence-corrected chi connectivity index (χ0v) is 14.8. The molecular weight excluding hydrogens is 415 g/mol. The van der Waals surface area contributed by atoms with E-state index >= 15 is 0 Å². The van der Waals surface area contributed by atoms with Crippen LogP contribution in [0.1, 0.15) is 11.1 Å². The molecule has 0 saturated carbocycles. The number of hydrogen-bond acceptors (Lipinski definition) is 3. The maximum Gasteiger partial charge on any atom is 0.277 e. The van der Waals surface area contributed by atoms with E-state index in [1.54, 1.807) is 24.4 Å². The van der Waals surface area contributed by atoms with E-state index in [0.717, 1.165) is 14.7 Å². The molecule has 0 saturated heterocycles. The SMILES string of the molecule is Cc1cc(OCC(=O)N/N=C/c2ccccc2I)ccc1Cl. The number of halogens is 2. The zero-order chi connectivity index (χ0) is 15.9. The maximum absolute atomic E-state index is 11.7. The molecule has 0 radical (unpaired) electrons. The molecule has 0 heterocycles. The summed E-state index contributed by atoms with van der Waals surface area (Å²) in [5, 5.41) is 4.58. The lowest BCUT2D eigenvalue weighted by molar-refractivity contribution is -0.123. The average Bonchev–Trinajstić information content (AvgIpc) is 2.50. The second-order valence-corrected chi connectivity index (χ2v) is 6.08. The quantitative estimate of drug-likeness (QED) is 0.448. The Balaban J connectivity index is 1.83. The first-order valence-corrected chi connectivity index (χ1v) is 7.97. The highest BCUT2D eigenvalue weighted by atomic mass is 127. The van der Waals surface area contributed by atoms with E-state index in [9.17, 15) is 4.79 Å². The van der Waals surface area contributed by atoms with Crippen molar-refractivity contribution in [2.45, 2.75) is 6.92 Å². The van der Waals surface area contributed by atoms with Crippen LogP contribution in [0.15, 0.2) is 47.6 Å². The molecule has 2 rings (SSSR count). The van der Waals surface area contributed by atoms with Crippen LogP contribution in [-0.4, -0.2) is 18.7 Å². The smallest absolute Gasteiger partial charge is 0.277 e. The Morgan fingerprint density at radius 1 is 1.36 bits per heavy atom. The van der Waals surface area contributed by atoms with Gasteiger partial charge in [-0.2, -0.15) is 5.10 Å². The van der Waals surface area contributed by atoms with E-state index in [1.165, 1.54) is 0 Å². The molecule has 6 heteroatoms. The third-order valence-corrected chi connectivity index (χ3v) is 4.20. The molecule has 1 amide bonds. The topological polar surface area (TPSA) is 50.7 Å². The van der Waals surface area contributed by atoms with Crippen molar-refractivity contribution in [3.63, 3.8) is 0 Å². The number of aryl methyl sites for hydroxylation is 1. The maximum atomic E-state index is 11.7. The molecule has 0 aliphatic heterocycles. The fraction of sp³-hybridized carbons (Fsp3) is 0.125. The van der Waals surface area contributed by atoms with Gasteiger partial charge >= 0.3 is 0 Å². The van der Waals surface area contributed by atoms with Crippen molar-refractivity contribution in [1.82, 2.24) is 5.43 Å². The summed E-state index contributed by atoms with van der Waals surface area (Å²) < 4.78 is 6.45. The van der Waals surface area contributed by atoms with Crippen LogP contribution in [-0.2, 0) is 4.79 Å². The summed E-state index contributed by atoms with van der Waals surface area (Å²) in [7, 11) is 0. The van der Waals surface area contributed by atoms with Crippen molar-refractivity contribution in [3.05, 3.63) is 62.2 Å². The molecule has 0 aliphatic rings. The van der Waals surface area contributed by atoms with Crippen LogP contribution in [0, 0.1) is 10.5 Å². The van der Waals surface area contributed by atoms with Gasteiger partial charge < -0.3 is 4.74 Å². The summed E-state index contributed by atoms with van der Waals surface area (Å²) in [5.41, 5.74) is 4.27. The van der Waals surface area contributed by atoms with E-state index in [1.807, 2.05) is 31.2 Å². The fourth-order valence-corrected chi connectivity index (χ4v) is 2.29. The van der Waals surface area contributed by atoms with Crippen molar-refractivity contribution >= 4 is 46.3 Å². The normalized spacial score (nSPS) is 10.7. The zero-order valence-electron chi connectivity index (χ0n) is 11.8. The highest BCUT2D eigenvalue weighted by Crippen LogP contribution is 2.20. The van der Waals surface area contributed by atoms with Crippen LogP contribution < -0.4 is 10.2 Å². The van der Waals surface area contributed by atoms with Gasteiger partial charge in [-0.15, -0.1) is 0 Å². The van der Waals surface area contributed by atoms with Crippen molar-refractivity contribution in [3.8, 4) is 5.75 Å². The molecule has 0 aliphatic carbocycles. The van der Waals surface area contributed by atoms with Gasteiger partial charge in [0.2, 0.25) is 0 Å². The van der Waals surface area contributed by atoms with E-state index in [2.05, 4.69) is 33.1 Å². The lowest BCUT2D eigenvalue weighted by Gasteiger charge is -2.06. The summed E-state index contributed by atoms with van der Waals surface area (Å²) in [6, 6.07) is 13.0. The van der Waals surface area contributed by atoms with Crippen LogP contribution in [0.25, 0.3) is 0 Å². The molecule has 0 atom stereocenters. The summed E-state index contributed by atoms with van der Waals surface area (Å²) in [6.45, 7) is 1.77. The van der Waals surface area contributed by atoms with Crippen molar-refractivity contribution in [2.24, 2.45) is 5.10 Å². The molecule has 22 heavy (non-hydrogen) atoms. The Morgan fingerprint density at radius 2 is 2.14 bits per heavy atom. The number of amides is 1. The van der Waals surface area contributed by atoms with Crippen LogP contribution in [0.2, 0.25) is 5.02 Å². The summed E-state index contributed by atoms with van der Waals surface area (Å²) >= 11 is 8.14. The minimum Gasteiger partial charge on any atom is -0.484 e. The van der Waals surface area contributed by atoms with E-state index in [-0.39, 0.29) is 12.5 Å². The molecular formula is C16H14ClIN2O2. The molecule has 0 unspecified atom stereocenters. The number of carbonyl (C=O) groups excluding carboxylic acids is 1. The summed E-state index contributed by atoms with van der Waals surface area (Å²) in [4.78, 5) is 11.7. The van der Waals surface area contributed by atoms with E-state index < -0.39 is 0 Å². The Kier molecular flexibility index (Phi) is 6.21. The van der Waals surface area contributed by atoms with Gasteiger partial charge in [0.1, 0.15) is 5.75 Å². The first kappa shape index (κ1) is 16.8. The average molecular weight is 429 g/mol. The van der Waals surface area contributed by atoms with Crippen LogP contribution >= 0.6 is 34.2 Å². The largest absolute Gasteiger partial charge is 0.484 e. The molecule has 2 aromatic rings. The monoisotopic (exact) mass is 428 g/mol. The van der Waals surface area contributed by atoms with Crippen molar-refractivity contribution in [2.75, 3.05) is 6.61 Å². The molecule has 4 nitrogen and oxygen atoms in total. The molecule has 0 fully saturated rings. The van der Waals surface area contributed by atoms with Gasteiger partial charge in [0.05, 0.1) is 6.21 Å². The van der Waals surface area contributed by atoms with Crippen LogP contribution in [0.5, 0.6) is 5.75 Å². The fourth-order valence-electron chi connectivity index (χ4n) is 1.64. The van der Waals surface area contributed by atoms with Gasteiger partial charge in [-0.25, -0.2) is 5.43 Å². The Labute approximate surface area is 147 Å². The molecule has 1 N–H and O–H groups in total. The Hall–Kier alpha value is -1.60. The van der Waals surface area contributed by atoms with Crippen LogP contribution in [0.3, 0.4) is 0 Å². The standard InChI is InChI=1S/C16H14ClIN2O2/c1-11-8-13(6-7-14(11)17)22-10-16(21)20-19-9-12-4-2-3-5-15(12)18/h2-9H,10H2,1H3,(H,20,21)/b19-9+. The van der Waals surface area contributed by atoms with Gasteiger partial charge in [0.25, 0.3) is 5.91 Å². The number of nitrogens with zero attached hydrogens (tertiary/aromatic N) is 1. The second kappa shape index (κ2) is 8.14. The number of nitrogens with one attached hydrogen (secondary N) is 1. The Morgan fingerprint density at radius 3 is 2.86 bits per heavy atom. The van der Waals surface area contributed by atoms with Gasteiger partial charge in [-0.1, -0.05) is 29.8 Å². The van der Waals surface area contributed by atoms with Crippen molar-refractivity contribution < 1.29 is 9.53 Å². The number of hydrazone groups is 1. The molecule has 0 spiro atoms. The summed E-state index contributed by atoms with van der Waals surface area (Å²) in [5.74, 6) is 0.272. The highest BCUT2D eigenvalue weighted by Gasteiger charge is 2.03. The minimum absolute atomic E-state index is 0.107. The molecule has 0 bridgehead atoms. The third kappa shape index (κ3) is 4.99. The number of carbonyl (C=O) groups is 1. The van der Waals surface area contributed by atoms with Crippen LogP contribution in [0.4, 0.5) is 0 Å². The highest BCUT2D eigenvalue weighted by molar-refractivity contribution is 14.1. The van der Waals surface area contributed by atoms with Gasteiger partial charge in [-0.05, 0) is 59.3 Å². The number of benzene rings is 2. The van der Waals surface area contributed by atoms with Gasteiger partial charge in [0, 0.05) is 14.2 Å². The Bertz CT molecular complexity index is 704. The van der Waals surface area contributed by atoms with Gasteiger partial charge in [0.15, 0.2) is 6.61 Å². The first-order valence-electron chi connectivity index (χ1n) is 6.51. The third-order valence-electron chi connectivity index (χ3n) is 2.80. The predicted octanol–water partition coefficient (Wildman–Crippen LogP) is 3.78. The number of hydrogen-bond donors (Lipinski definition) is 1. The molecule has 2 aromatic carbocycles. The van der Waals surface area contributed by atoms with E-state index in [0.29, 0.717) is 10.8 Å². The predicted molar refractivity (Wildman–Crippen MR) is 96.6 cm³/mol. The summed E-state index contributed by atoms with van der Waals surface area (Å²) in [6.07, 6.45) is 1.60. The molecule has 114 valence electrons.